The van der Waals surface area contributed by atoms with E-state index in [1.54, 1.807) is 24.3 Å². The molecule has 0 aliphatic heterocycles. The summed E-state index contributed by atoms with van der Waals surface area (Å²) in [5.41, 5.74) is 1.50. The number of methoxy groups -OCH3 is 1. The molecular formula is C20H22ClNO4S. The molecule has 0 bridgehead atoms. The second kappa shape index (κ2) is 8.76. The number of benzene rings is 1. The number of carbonyl (C=O) groups excluding carboxylic acids is 2. The quantitative estimate of drug-likeness (QED) is 0.694. The van der Waals surface area contributed by atoms with E-state index in [2.05, 4.69) is 5.32 Å². The summed E-state index contributed by atoms with van der Waals surface area (Å²) in [6.45, 7) is 1.87. The third-order valence-corrected chi connectivity index (χ3v) is 5.98. The molecule has 27 heavy (non-hydrogen) atoms. The molecule has 0 saturated heterocycles. The zero-order chi connectivity index (χ0) is 19.4. The molecule has 0 unspecified atom stereocenters. The smallest absolute Gasteiger partial charge is 0.341 e. The van der Waals surface area contributed by atoms with Gasteiger partial charge in [0.05, 0.1) is 12.7 Å². The van der Waals surface area contributed by atoms with Crippen LogP contribution in [0.4, 0.5) is 5.00 Å². The number of halogens is 1. The van der Waals surface area contributed by atoms with Crippen molar-refractivity contribution in [1.82, 2.24) is 0 Å². The molecule has 7 heteroatoms. The summed E-state index contributed by atoms with van der Waals surface area (Å²) >= 11 is 7.44. The molecule has 0 radical (unpaired) electrons. The third kappa shape index (κ3) is 4.45. The number of nitrogens with one attached hydrogen (secondary N) is 1. The third-order valence-electron chi connectivity index (χ3n) is 4.54. The van der Waals surface area contributed by atoms with Crippen LogP contribution >= 0.6 is 22.9 Å². The lowest BCUT2D eigenvalue weighted by Gasteiger charge is -2.17. The van der Waals surface area contributed by atoms with Crippen LogP contribution in [-0.4, -0.2) is 25.1 Å². The SMILES string of the molecule is CC[C@H](Oc1cccc(Cl)c1)C(=O)Nc1sc2c(c1C(=O)OC)CCCC2. The summed E-state index contributed by atoms with van der Waals surface area (Å²) in [5, 5.41) is 3.98. The van der Waals surface area contributed by atoms with Crippen molar-refractivity contribution in [2.45, 2.75) is 45.1 Å². The summed E-state index contributed by atoms with van der Waals surface area (Å²) in [6, 6.07) is 6.94. The van der Waals surface area contributed by atoms with Crippen LogP contribution in [0, 0.1) is 0 Å². The zero-order valence-corrected chi connectivity index (χ0v) is 16.9. The Morgan fingerprint density at radius 1 is 1.30 bits per heavy atom. The molecule has 3 rings (SSSR count). The predicted octanol–water partition coefficient (Wildman–Crippen LogP) is 4.86. The first-order valence-electron chi connectivity index (χ1n) is 8.99. The van der Waals surface area contributed by atoms with E-state index in [9.17, 15) is 9.59 Å². The van der Waals surface area contributed by atoms with Gasteiger partial charge in [-0.15, -0.1) is 11.3 Å². The number of carbonyl (C=O) groups is 2. The van der Waals surface area contributed by atoms with Crippen molar-refractivity contribution in [2.24, 2.45) is 0 Å². The lowest BCUT2D eigenvalue weighted by molar-refractivity contribution is -0.122. The van der Waals surface area contributed by atoms with Gasteiger partial charge in [-0.2, -0.15) is 0 Å². The van der Waals surface area contributed by atoms with Gasteiger partial charge in [0.1, 0.15) is 10.8 Å². The van der Waals surface area contributed by atoms with Crippen LogP contribution in [-0.2, 0) is 22.4 Å². The molecule has 0 saturated carbocycles. The Labute approximate surface area is 167 Å². The monoisotopic (exact) mass is 407 g/mol. The number of anilines is 1. The molecule has 1 aliphatic carbocycles. The van der Waals surface area contributed by atoms with Crippen molar-refractivity contribution in [2.75, 3.05) is 12.4 Å². The number of amides is 1. The molecule has 1 N–H and O–H groups in total. The number of esters is 1. The average molecular weight is 408 g/mol. The molecule has 2 aromatic rings. The highest BCUT2D eigenvalue weighted by Gasteiger charge is 2.28. The lowest BCUT2D eigenvalue weighted by Crippen LogP contribution is -2.32. The summed E-state index contributed by atoms with van der Waals surface area (Å²) in [7, 11) is 1.36. The molecule has 1 aliphatic rings. The van der Waals surface area contributed by atoms with Crippen LogP contribution in [0.3, 0.4) is 0 Å². The van der Waals surface area contributed by atoms with E-state index in [1.165, 1.54) is 18.4 Å². The number of hydrogen-bond acceptors (Lipinski definition) is 5. The molecule has 0 spiro atoms. The minimum atomic E-state index is -0.687. The number of rotatable bonds is 6. The summed E-state index contributed by atoms with van der Waals surface area (Å²) in [5.74, 6) is -0.169. The minimum absolute atomic E-state index is 0.291. The van der Waals surface area contributed by atoms with Crippen LogP contribution in [0.1, 0.15) is 47.0 Å². The van der Waals surface area contributed by atoms with Gasteiger partial charge in [-0.05, 0) is 55.9 Å². The summed E-state index contributed by atoms with van der Waals surface area (Å²) in [4.78, 5) is 26.3. The number of thiophene rings is 1. The molecule has 144 valence electrons. The second-order valence-electron chi connectivity index (χ2n) is 6.37. The molecular weight excluding hydrogens is 386 g/mol. The van der Waals surface area contributed by atoms with Crippen molar-refractivity contribution in [3.8, 4) is 5.75 Å². The van der Waals surface area contributed by atoms with Gasteiger partial charge in [0.25, 0.3) is 5.91 Å². The van der Waals surface area contributed by atoms with Crippen LogP contribution in [0.15, 0.2) is 24.3 Å². The first-order chi connectivity index (χ1) is 13.0. The lowest BCUT2D eigenvalue weighted by atomic mass is 9.95. The molecule has 1 atom stereocenters. The van der Waals surface area contributed by atoms with Crippen molar-refractivity contribution in [1.29, 1.82) is 0 Å². The van der Waals surface area contributed by atoms with Gasteiger partial charge >= 0.3 is 5.97 Å². The summed E-state index contributed by atoms with van der Waals surface area (Å²) in [6.07, 6.45) is 3.69. The Bertz CT molecular complexity index is 849. The van der Waals surface area contributed by atoms with Gasteiger partial charge in [-0.25, -0.2) is 4.79 Å². The van der Waals surface area contributed by atoms with Crippen molar-refractivity contribution >= 4 is 39.8 Å². The maximum atomic E-state index is 12.8. The Morgan fingerprint density at radius 3 is 2.78 bits per heavy atom. The second-order valence-corrected chi connectivity index (χ2v) is 7.91. The number of ether oxygens (including phenoxy) is 2. The normalized spacial score (nSPS) is 14.2. The van der Waals surface area contributed by atoms with Gasteiger partial charge < -0.3 is 14.8 Å². The Hall–Kier alpha value is -2.05. The Morgan fingerprint density at radius 2 is 2.07 bits per heavy atom. The highest BCUT2D eigenvalue weighted by molar-refractivity contribution is 7.17. The molecule has 1 amide bonds. The number of hydrogen-bond donors (Lipinski definition) is 1. The molecule has 0 fully saturated rings. The van der Waals surface area contributed by atoms with Crippen molar-refractivity contribution < 1.29 is 19.1 Å². The van der Waals surface area contributed by atoms with E-state index in [-0.39, 0.29) is 5.91 Å². The minimum Gasteiger partial charge on any atom is -0.481 e. The van der Waals surface area contributed by atoms with Crippen LogP contribution < -0.4 is 10.1 Å². The fourth-order valence-electron chi connectivity index (χ4n) is 3.19. The van der Waals surface area contributed by atoms with Gasteiger partial charge in [0.2, 0.25) is 0 Å². The zero-order valence-electron chi connectivity index (χ0n) is 15.3. The number of fused-ring (bicyclic) bond motifs is 1. The topological polar surface area (TPSA) is 64.6 Å². The van der Waals surface area contributed by atoms with Crippen LogP contribution in [0.2, 0.25) is 5.02 Å². The van der Waals surface area contributed by atoms with E-state index in [1.807, 2.05) is 6.92 Å². The molecule has 1 aromatic carbocycles. The van der Waals surface area contributed by atoms with Gasteiger partial charge in [0, 0.05) is 9.90 Å². The van der Waals surface area contributed by atoms with Crippen molar-refractivity contribution in [3.63, 3.8) is 0 Å². The van der Waals surface area contributed by atoms with Crippen LogP contribution in [0.25, 0.3) is 0 Å². The molecule has 5 nitrogen and oxygen atoms in total. The number of aryl methyl sites for hydroxylation is 1. The molecule has 1 aromatic heterocycles. The fraction of sp³-hybridized carbons (Fsp3) is 0.400. The van der Waals surface area contributed by atoms with Crippen molar-refractivity contribution in [3.05, 3.63) is 45.3 Å². The van der Waals surface area contributed by atoms with E-state index in [4.69, 9.17) is 21.1 Å². The highest BCUT2D eigenvalue weighted by Crippen LogP contribution is 2.38. The first kappa shape index (κ1) is 19.7. The molecule has 1 heterocycles. The van der Waals surface area contributed by atoms with Crippen LogP contribution in [0.5, 0.6) is 5.75 Å². The Balaban J connectivity index is 1.81. The van der Waals surface area contributed by atoms with E-state index in [0.29, 0.717) is 27.8 Å². The standard InChI is InChI=1S/C20H22ClNO4S/c1-3-15(26-13-8-6-7-12(21)11-13)18(23)22-19-17(20(24)25-2)14-9-4-5-10-16(14)27-19/h6-8,11,15H,3-5,9-10H2,1-2H3,(H,22,23)/t15-/m0/s1. The summed E-state index contributed by atoms with van der Waals surface area (Å²) < 4.78 is 10.7. The Kier molecular flexibility index (Phi) is 6.39. The first-order valence-corrected chi connectivity index (χ1v) is 10.2. The van der Waals surface area contributed by atoms with Gasteiger partial charge in [-0.3, -0.25) is 4.79 Å². The largest absolute Gasteiger partial charge is 0.481 e. The van der Waals surface area contributed by atoms with E-state index >= 15 is 0 Å². The average Bonchev–Trinajstić information content (AvgIpc) is 3.03. The van der Waals surface area contributed by atoms with E-state index < -0.39 is 12.1 Å². The highest BCUT2D eigenvalue weighted by atomic mass is 35.5. The van der Waals surface area contributed by atoms with Gasteiger partial charge in [-0.1, -0.05) is 24.6 Å². The fourth-order valence-corrected chi connectivity index (χ4v) is 4.65. The predicted molar refractivity (Wildman–Crippen MR) is 107 cm³/mol. The maximum Gasteiger partial charge on any atom is 0.341 e. The van der Waals surface area contributed by atoms with Gasteiger partial charge in [0.15, 0.2) is 6.10 Å². The maximum absolute atomic E-state index is 12.8. The van der Waals surface area contributed by atoms with E-state index in [0.717, 1.165) is 36.1 Å².